The maximum Gasteiger partial charge on any atom is 0.166 e. The molecule has 1 aromatic carbocycles. The Bertz CT molecular complexity index is 528. The fourth-order valence-corrected chi connectivity index (χ4v) is 2.39. The van der Waals surface area contributed by atoms with Crippen LogP contribution in [0, 0.1) is 5.92 Å². The lowest BCUT2D eigenvalue weighted by atomic mass is 10.1. The average molecular weight is 291 g/mol. The van der Waals surface area contributed by atoms with Gasteiger partial charge in [0.2, 0.25) is 0 Å². The van der Waals surface area contributed by atoms with Crippen LogP contribution in [-0.2, 0) is 0 Å². The Kier molecular flexibility index (Phi) is 2.63. The highest BCUT2D eigenvalue weighted by Crippen LogP contribution is 2.49. The Balaban J connectivity index is 1.75. The predicted molar refractivity (Wildman–Crippen MR) is 68.0 cm³/mol. The fraction of sp³-hybridized carbons (Fsp3) is 0.214. The van der Waals surface area contributed by atoms with Gasteiger partial charge in [-0.3, -0.25) is 4.79 Å². The minimum absolute atomic E-state index is 0.0994. The van der Waals surface area contributed by atoms with Gasteiger partial charge in [-0.2, -0.15) is 0 Å². The van der Waals surface area contributed by atoms with Gasteiger partial charge in [0.1, 0.15) is 5.76 Å². The van der Waals surface area contributed by atoms with E-state index in [4.69, 9.17) is 4.42 Å². The van der Waals surface area contributed by atoms with Crippen LogP contribution in [0.25, 0.3) is 0 Å². The summed E-state index contributed by atoms with van der Waals surface area (Å²) in [6, 6.07) is 11.3. The largest absolute Gasteiger partial charge is 0.469 e. The van der Waals surface area contributed by atoms with Crippen molar-refractivity contribution >= 4 is 21.7 Å². The molecule has 0 aliphatic heterocycles. The van der Waals surface area contributed by atoms with Crippen molar-refractivity contribution < 1.29 is 9.21 Å². The van der Waals surface area contributed by atoms with E-state index < -0.39 is 0 Å². The molecule has 86 valence electrons. The van der Waals surface area contributed by atoms with Crippen LogP contribution in [0.4, 0.5) is 0 Å². The summed E-state index contributed by atoms with van der Waals surface area (Å²) < 4.78 is 6.33. The zero-order chi connectivity index (χ0) is 11.8. The van der Waals surface area contributed by atoms with Crippen LogP contribution in [0.3, 0.4) is 0 Å². The Hall–Kier alpha value is -1.35. The predicted octanol–water partition coefficient (Wildman–Crippen LogP) is 4.03. The summed E-state index contributed by atoms with van der Waals surface area (Å²) in [5.41, 5.74) is 0.784. The molecule has 0 bridgehead atoms. The summed E-state index contributed by atoms with van der Waals surface area (Å²) in [5.74, 6) is 1.53. The number of halogens is 1. The Morgan fingerprint density at radius 3 is 2.65 bits per heavy atom. The zero-order valence-electron chi connectivity index (χ0n) is 9.10. The summed E-state index contributed by atoms with van der Waals surface area (Å²) in [6.45, 7) is 0. The molecule has 3 rings (SSSR count). The molecule has 0 spiro atoms. The normalized spacial score (nSPS) is 22.4. The number of benzene rings is 1. The van der Waals surface area contributed by atoms with Crippen molar-refractivity contribution in [2.45, 2.75) is 12.3 Å². The first-order valence-corrected chi connectivity index (χ1v) is 6.38. The maximum atomic E-state index is 12.2. The number of rotatable bonds is 3. The van der Waals surface area contributed by atoms with Crippen molar-refractivity contribution in [3.8, 4) is 0 Å². The SMILES string of the molecule is O=C(c1ccc(Br)cc1)C1CC1c1ccco1. The molecule has 2 atom stereocenters. The Morgan fingerprint density at radius 1 is 1.24 bits per heavy atom. The lowest BCUT2D eigenvalue weighted by molar-refractivity contribution is 0.0964. The number of hydrogen-bond donors (Lipinski definition) is 0. The van der Waals surface area contributed by atoms with Crippen molar-refractivity contribution in [3.05, 3.63) is 58.5 Å². The second-order valence-corrected chi connectivity index (χ2v) is 5.25. The van der Waals surface area contributed by atoms with Crippen molar-refractivity contribution in [1.29, 1.82) is 0 Å². The highest BCUT2D eigenvalue weighted by Gasteiger charge is 2.45. The molecule has 3 heteroatoms. The summed E-state index contributed by atoms with van der Waals surface area (Å²) in [4.78, 5) is 12.2. The van der Waals surface area contributed by atoms with Crippen LogP contribution in [0.15, 0.2) is 51.6 Å². The zero-order valence-corrected chi connectivity index (χ0v) is 10.7. The van der Waals surface area contributed by atoms with E-state index in [0.717, 1.165) is 22.2 Å². The van der Waals surface area contributed by atoms with E-state index >= 15 is 0 Å². The first-order valence-electron chi connectivity index (χ1n) is 5.59. The van der Waals surface area contributed by atoms with Crippen molar-refractivity contribution in [2.75, 3.05) is 0 Å². The van der Waals surface area contributed by atoms with Gasteiger partial charge in [-0.05, 0) is 30.7 Å². The molecule has 0 amide bonds. The minimum Gasteiger partial charge on any atom is -0.469 e. The maximum absolute atomic E-state index is 12.2. The van der Waals surface area contributed by atoms with Crippen LogP contribution in [0.5, 0.6) is 0 Å². The van der Waals surface area contributed by atoms with Gasteiger partial charge in [0.05, 0.1) is 6.26 Å². The van der Waals surface area contributed by atoms with Gasteiger partial charge in [-0.15, -0.1) is 0 Å². The Labute approximate surface area is 108 Å². The molecule has 0 radical (unpaired) electrons. The van der Waals surface area contributed by atoms with E-state index in [-0.39, 0.29) is 17.6 Å². The minimum atomic E-state index is 0.0994. The first kappa shape index (κ1) is 10.8. The van der Waals surface area contributed by atoms with Crippen LogP contribution in [0.2, 0.25) is 0 Å². The van der Waals surface area contributed by atoms with E-state index in [9.17, 15) is 4.79 Å². The quantitative estimate of drug-likeness (QED) is 0.799. The molecule has 1 heterocycles. The van der Waals surface area contributed by atoms with Gasteiger partial charge < -0.3 is 4.42 Å². The van der Waals surface area contributed by atoms with Crippen molar-refractivity contribution in [1.82, 2.24) is 0 Å². The Morgan fingerprint density at radius 2 is 2.00 bits per heavy atom. The standard InChI is InChI=1S/C14H11BrO2/c15-10-5-3-9(4-6-10)14(16)12-8-11(12)13-2-1-7-17-13/h1-7,11-12H,8H2. The second kappa shape index (κ2) is 4.15. The number of carbonyl (C=O) groups excluding carboxylic acids is 1. The van der Waals surface area contributed by atoms with E-state index in [0.29, 0.717) is 0 Å². The monoisotopic (exact) mass is 290 g/mol. The lowest BCUT2D eigenvalue weighted by Crippen LogP contribution is -2.02. The van der Waals surface area contributed by atoms with Gasteiger partial charge in [0.25, 0.3) is 0 Å². The van der Waals surface area contributed by atoms with Crippen molar-refractivity contribution in [2.24, 2.45) is 5.92 Å². The smallest absolute Gasteiger partial charge is 0.166 e. The van der Waals surface area contributed by atoms with Gasteiger partial charge in [0.15, 0.2) is 5.78 Å². The molecular weight excluding hydrogens is 280 g/mol. The number of furan rings is 1. The molecule has 0 N–H and O–H groups in total. The molecule has 0 saturated heterocycles. The molecular formula is C14H11BrO2. The third-order valence-corrected chi connectivity index (χ3v) is 3.69. The summed E-state index contributed by atoms with van der Waals surface area (Å²) in [5, 5.41) is 0. The van der Waals surface area contributed by atoms with E-state index in [1.165, 1.54) is 0 Å². The van der Waals surface area contributed by atoms with Crippen LogP contribution in [-0.4, -0.2) is 5.78 Å². The molecule has 1 aromatic heterocycles. The third-order valence-electron chi connectivity index (χ3n) is 3.16. The molecule has 17 heavy (non-hydrogen) atoms. The van der Waals surface area contributed by atoms with E-state index in [2.05, 4.69) is 15.9 Å². The molecule has 1 aliphatic rings. The number of carbonyl (C=O) groups is 1. The van der Waals surface area contributed by atoms with Gasteiger partial charge in [-0.1, -0.05) is 28.1 Å². The topological polar surface area (TPSA) is 30.2 Å². The second-order valence-electron chi connectivity index (χ2n) is 4.34. The highest BCUT2D eigenvalue weighted by atomic mass is 79.9. The lowest BCUT2D eigenvalue weighted by Gasteiger charge is -1.99. The summed E-state index contributed by atoms with van der Waals surface area (Å²) >= 11 is 3.36. The van der Waals surface area contributed by atoms with E-state index in [1.807, 2.05) is 36.4 Å². The molecule has 1 fully saturated rings. The molecule has 1 aliphatic carbocycles. The number of hydrogen-bond acceptors (Lipinski definition) is 2. The van der Waals surface area contributed by atoms with Gasteiger partial charge in [0, 0.05) is 21.9 Å². The molecule has 1 saturated carbocycles. The molecule has 2 aromatic rings. The average Bonchev–Trinajstić information content (AvgIpc) is 2.95. The fourth-order valence-electron chi connectivity index (χ4n) is 2.13. The van der Waals surface area contributed by atoms with Gasteiger partial charge >= 0.3 is 0 Å². The first-order chi connectivity index (χ1) is 8.25. The van der Waals surface area contributed by atoms with E-state index in [1.54, 1.807) is 6.26 Å². The van der Waals surface area contributed by atoms with Gasteiger partial charge in [-0.25, -0.2) is 0 Å². The number of Topliss-reactive ketones (excluding diaryl/α,β-unsaturated/α-hetero) is 1. The molecule has 2 nitrogen and oxygen atoms in total. The highest BCUT2D eigenvalue weighted by molar-refractivity contribution is 9.10. The van der Waals surface area contributed by atoms with Crippen LogP contribution in [0.1, 0.15) is 28.5 Å². The number of ketones is 1. The third kappa shape index (κ3) is 2.07. The van der Waals surface area contributed by atoms with Crippen molar-refractivity contribution in [3.63, 3.8) is 0 Å². The van der Waals surface area contributed by atoms with Crippen LogP contribution >= 0.6 is 15.9 Å². The molecule has 2 unspecified atom stereocenters. The summed E-state index contributed by atoms with van der Waals surface area (Å²) in [6.07, 6.45) is 2.57. The van der Waals surface area contributed by atoms with Crippen LogP contribution < -0.4 is 0 Å². The summed E-state index contributed by atoms with van der Waals surface area (Å²) in [7, 11) is 0.